The van der Waals surface area contributed by atoms with E-state index in [1.807, 2.05) is 0 Å². The van der Waals surface area contributed by atoms with Crippen LogP contribution in [0.2, 0.25) is 0 Å². The summed E-state index contributed by atoms with van der Waals surface area (Å²) in [5.74, 6) is -1.40. The number of nitrogens with zero attached hydrogens (tertiary/aromatic N) is 1. The third kappa shape index (κ3) is 5.09. The molecule has 1 amide bonds. The van der Waals surface area contributed by atoms with Crippen molar-refractivity contribution in [1.82, 2.24) is 9.62 Å². The molecule has 0 spiro atoms. The average Bonchev–Trinajstić information content (AvgIpc) is 3.01. The maximum Gasteiger partial charge on any atom is 0.338 e. The number of ether oxygens (including phenoxy) is 1. The molecule has 1 aliphatic heterocycles. The minimum atomic E-state index is -3.73. The molecule has 2 atom stereocenters. The number of carbonyl (C=O) groups excluding carboxylic acids is 2. The molecule has 1 heterocycles. The van der Waals surface area contributed by atoms with Crippen molar-refractivity contribution in [2.75, 3.05) is 25.1 Å². The van der Waals surface area contributed by atoms with E-state index < -0.39 is 43.9 Å². The predicted molar refractivity (Wildman–Crippen MR) is 102 cm³/mol. The number of sulfonamides is 1. The Morgan fingerprint density at radius 2 is 2.04 bits per heavy atom. The van der Waals surface area contributed by atoms with Crippen molar-refractivity contribution in [3.8, 4) is 0 Å². The zero-order valence-corrected chi connectivity index (χ0v) is 17.5. The monoisotopic (exact) mass is 432 g/mol. The lowest BCUT2D eigenvalue weighted by Crippen LogP contribution is -2.46. The van der Waals surface area contributed by atoms with Gasteiger partial charge in [0.05, 0.1) is 22.0 Å². The Morgan fingerprint density at radius 1 is 1.36 bits per heavy atom. The fourth-order valence-electron chi connectivity index (χ4n) is 3.04. The molecule has 0 bridgehead atoms. The van der Waals surface area contributed by atoms with Gasteiger partial charge in [0.15, 0.2) is 15.9 Å². The Morgan fingerprint density at radius 3 is 2.57 bits per heavy atom. The van der Waals surface area contributed by atoms with E-state index in [9.17, 15) is 26.4 Å². The number of benzene rings is 1. The molecule has 1 fully saturated rings. The summed E-state index contributed by atoms with van der Waals surface area (Å²) in [4.78, 5) is 26.3. The van der Waals surface area contributed by atoms with Crippen molar-refractivity contribution in [3.63, 3.8) is 0 Å². The van der Waals surface area contributed by atoms with Crippen LogP contribution in [0.25, 0.3) is 0 Å². The Bertz CT molecular complexity index is 957. The molecule has 0 aromatic heterocycles. The Balaban J connectivity index is 2.11. The summed E-state index contributed by atoms with van der Waals surface area (Å²) < 4.78 is 54.4. The number of rotatable bonds is 7. The summed E-state index contributed by atoms with van der Waals surface area (Å²) in [7, 11) is -5.64. The highest BCUT2D eigenvalue weighted by Gasteiger charge is 2.36. The third-order valence-corrected chi connectivity index (χ3v) is 7.72. The van der Waals surface area contributed by atoms with E-state index in [1.165, 1.54) is 37.1 Å². The minimum Gasteiger partial charge on any atom is -0.449 e. The molecule has 2 unspecified atom stereocenters. The first-order valence-corrected chi connectivity index (χ1v) is 12.1. The lowest BCUT2D eigenvalue weighted by molar-refractivity contribution is -0.141. The van der Waals surface area contributed by atoms with E-state index in [1.54, 1.807) is 6.92 Å². The van der Waals surface area contributed by atoms with E-state index in [2.05, 4.69) is 4.72 Å². The number of likely N-dealkylation sites (N-methyl/N-ethyl adjacent to an activating group) is 1. The van der Waals surface area contributed by atoms with Crippen molar-refractivity contribution < 1.29 is 31.2 Å². The van der Waals surface area contributed by atoms with Gasteiger partial charge in [-0.05, 0) is 45.5 Å². The fraction of sp³-hybridized carbons (Fsp3) is 0.529. The summed E-state index contributed by atoms with van der Waals surface area (Å²) >= 11 is 0. The average molecular weight is 433 g/mol. The second-order valence-electron chi connectivity index (χ2n) is 6.46. The standard InChI is InChI=1S/C17H24N2O7S2/c1-4-19(14-8-9-27(22,23)11-14)16(20)12(2)26-17(21)13-6-5-7-15(10-13)28(24,25)18-3/h5-7,10,12,14,18H,4,8-9,11H2,1-3H3. The van der Waals surface area contributed by atoms with Crippen LogP contribution in [0.4, 0.5) is 0 Å². The summed E-state index contributed by atoms with van der Waals surface area (Å²) in [5.41, 5.74) is -0.0116. The van der Waals surface area contributed by atoms with Gasteiger partial charge in [0.25, 0.3) is 5.91 Å². The van der Waals surface area contributed by atoms with Crippen molar-refractivity contribution in [3.05, 3.63) is 29.8 Å². The van der Waals surface area contributed by atoms with Gasteiger partial charge < -0.3 is 9.64 Å². The highest BCUT2D eigenvalue weighted by Crippen LogP contribution is 2.19. The van der Waals surface area contributed by atoms with Crippen LogP contribution in [0, 0.1) is 0 Å². The van der Waals surface area contributed by atoms with E-state index in [4.69, 9.17) is 4.74 Å². The van der Waals surface area contributed by atoms with Crippen LogP contribution in [-0.2, 0) is 29.4 Å². The van der Waals surface area contributed by atoms with Crippen LogP contribution in [-0.4, -0.2) is 70.9 Å². The van der Waals surface area contributed by atoms with Crippen LogP contribution in [0.3, 0.4) is 0 Å². The lowest BCUT2D eigenvalue weighted by atomic mass is 10.2. The Labute approximate surface area is 165 Å². The first-order valence-electron chi connectivity index (χ1n) is 8.76. The number of nitrogens with one attached hydrogen (secondary N) is 1. The topological polar surface area (TPSA) is 127 Å². The van der Waals surface area contributed by atoms with Crippen LogP contribution in [0.5, 0.6) is 0 Å². The molecular weight excluding hydrogens is 408 g/mol. The zero-order valence-electron chi connectivity index (χ0n) is 15.9. The van der Waals surface area contributed by atoms with Crippen molar-refractivity contribution in [1.29, 1.82) is 0 Å². The molecule has 0 radical (unpaired) electrons. The summed E-state index contributed by atoms with van der Waals surface area (Å²) in [6.07, 6.45) is -0.785. The normalized spacial score (nSPS) is 19.8. The summed E-state index contributed by atoms with van der Waals surface area (Å²) in [6, 6.07) is 4.83. The van der Waals surface area contributed by atoms with Gasteiger partial charge in [0.2, 0.25) is 10.0 Å². The van der Waals surface area contributed by atoms with Gasteiger partial charge in [0.1, 0.15) is 0 Å². The van der Waals surface area contributed by atoms with E-state index in [-0.39, 0.29) is 28.5 Å². The largest absolute Gasteiger partial charge is 0.449 e. The van der Waals surface area contributed by atoms with Crippen LogP contribution in [0.1, 0.15) is 30.6 Å². The molecule has 1 saturated heterocycles. The molecule has 11 heteroatoms. The van der Waals surface area contributed by atoms with Crippen LogP contribution >= 0.6 is 0 Å². The molecule has 0 saturated carbocycles. The summed E-state index contributed by atoms with van der Waals surface area (Å²) in [6.45, 7) is 3.42. The van der Waals surface area contributed by atoms with Crippen LogP contribution in [0.15, 0.2) is 29.2 Å². The highest BCUT2D eigenvalue weighted by atomic mass is 32.2. The maximum absolute atomic E-state index is 12.7. The molecular formula is C17H24N2O7S2. The Hall–Kier alpha value is -1.98. The van der Waals surface area contributed by atoms with Gasteiger partial charge in [0, 0.05) is 12.6 Å². The molecule has 2 rings (SSSR count). The third-order valence-electron chi connectivity index (χ3n) is 4.55. The predicted octanol–water partition coefficient (Wildman–Crippen LogP) is 0.176. The lowest BCUT2D eigenvalue weighted by Gasteiger charge is -2.29. The second kappa shape index (κ2) is 8.58. The quantitative estimate of drug-likeness (QED) is 0.609. The highest BCUT2D eigenvalue weighted by molar-refractivity contribution is 7.91. The van der Waals surface area contributed by atoms with Gasteiger partial charge in [-0.25, -0.2) is 26.4 Å². The van der Waals surface area contributed by atoms with E-state index >= 15 is 0 Å². The zero-order chi connectivity index (χ0) is 21.1. The number of sulfone groups is 1. The van der Waals surface area contributed by atoms with E-state index in [0.29, 0.717) is 6.42 Å². The molecule has 0 aliphatic carbocycles. The molecule has 1 N–H and O–H groups in total. The van der Waals surface area contributed by atoms with Crippen molar-refractivity contribution >= 4 is 31.7 Å². The summed E-state index contributed by atoms with van der Waals surface area (Å²) in [5, 5.41) is 0. The molecule has 28 heavy (non-hydrogen) atoms. The van der Waals surface area contributed by atoms with E-state index in [0.717, 1.165) is 6.07 Å². The number of carbonyl (C=O) groups is 2. The molecule has 1 aromatic carbocycles. The molecule has 1 aromatic rings. The van der Waals surface area contributed by atoms with Crippen molar-refractivity contribution in [2.24, 2.45) is 0 Å². The Kier molecular flexibility index (Phi) is 6.84. The fourth-order valence-corrected chi connectivity index (χ4v) is 5.54. The first kappa shape index (κ1) is 22.3. The number of hydrogen-bond acceptors (Lipinski definition) is 7. The van der Waals surface area contributed by atoms with Gasteiger partial charge in [-0.2, -0.15) is 0 Å². The molecule has 156 valence electrons. The molecule has 1 aliphatic rings. The van der Waals surface area contributed by atoms with Gasteiger partial charge >= 0.3 is 5.97 Å². The van der Waals surface area contributed by atoms with Crippen molar-refractivity contribution in [2.45, 2.75) is 37.3 Å². The smallest absolute Gasteiger partial charge is 0.338 e. The van der Waals surface area contributed by atoms with Gasteiger partial charge in [-0.15, -0.1) is 0 Å². The number of hydrogen-bond donors (Lipinski definition) is 1. The number of esters is 1. The maximum atomic E-state index is 12.7. The minimum absolute atomic E-state index is 0.0116. The van der Waals surface area contributed by atoms with Gasteiger partial charge in [-0.1, -0.05) is 6.07 Å². The second-order valence-corrected chi connectivity index (χ2v) is 10.6. The SMILES string of the molecule is CCN(C(=O)C(C)OC(=O)c1cccc(S(=O)(=O)NC)c1)C1CCS(=O)(=O)C1. The first-order chi connectivity index (χ1) is 13.0. The molecule has 9 nitrogen and oxygen atoms in total. The van der Waals surface area contributed by atoms with Crippen LogP contribution < -0.4 is 4.72 Å². The van der Waals surface area contributed by atoms with Gasteiger partial charge in [-0.3, -0.25) is 4.79 Å². The number of amides is 1.